The average molecular weight is 496 g/mol. The maximum Gasteiger partial charge on any atom is 0.405 e. The number of fused-ring (bicyclic) bond motifs is 1. The highest BCUT2D eigenvalue weighted by Crippen LogP contribution is 2.29. The van der Waals surface area contributed by atoms with E-state index in [1.54, 1.807) is 47.3 Å². The van der Waals surface area contributed by atoms with E-state index in [-0.39, 0.29) is 0 Å². The first-order valence-corrected chi connectivity index (χ1v) is 11.1. The smallest absolute Gasteiger partial charge is 0.345 e. The molecule has 186 valence electrons. The molecular formula is C26H24F3N5O2. The number of carbonyl (C=O) groups excluding carboxylic acids is 1. The van der Waals surface area contributed by atoms with E-state index in [0.717, 1.165) is 22.4 Å². The number of carbonyl (C=O) groups is 1. The van der Waals surface area contributed by atoms with Crippen molar-refractivity contribution in [3.8, 4) is 16.8 Å². The minimum Gasteiger partial charge on any atom is -0.345 e. The van der Waals surface area contributed by atoms with Crippen molar-refractivity contribution in [1.82, 2.24) is 24.2 Å². The van der Waals surface area contributed by atoms with E-state index in [1.807, 2.05) is 43.6 Å². The SMILES string of the molecule is C=C/C=C\c1c(-c2ccc(-n3c(=O)n(CC(=O)NCC(F)(F)F)c4ccccc43)c(C)c2)cnn1C. The first-order valence-electron chi connectivity index (χ1n) is 11.1. The predicted octanol–water partition coefficient (Wildman–Crippen LogP) is 4.38. The van der Waals surface area contributed by atoms with Crippen LogP contribution in [-0.2, 0) is 18.4 Å². The van der Waals surface area contributed by atoms with Crippen LogP contribution < -0.4 is 11.0 Å². The summed E-state index contributed by atoms with van der Waals surface area (Å²) in [7, 11) is 1.84. The standard InChI is InChI=1S/C26H24F3N5O2/c1-4-5-8-21-19(14-31-32(21)3)18-11-12-20(17(2)13-18)34-23-10-7-6-9-22(23)33(25(34)36)15-24(35)30-16-26(27,28)29/h4-14H,1,15-16H2,2-3H3,(H,30,35)/b8-5-. The molecule has 0 atom stereocenters. The molecule has 4 aromatic rings. The second-order valence-corrected chi connectivity index (χ2v) is 8.25. The van der Waals surface area contributed by atoms with Crippen LogP contribution in [0.2, 0.25) is 0 Å². The van der Waals surface area contributed by atoms with Crippen molar-refractivity contribution in [2.75, 3.05) is 6.54 Å². The van der Waals surface area contributed by atoms with Crippen LogP contribution in [0.5, 0.6) is 0 Å². The van der Waals surface area contributed by atoms with Gasteiger partial charge in [0.2, 0.25) is 5.91 Å². The molecule has 2 aromatic carbocycles. The number of hydrogen-bond donors (Lipinski definition) is 1. The van der Waals surface area contributed by atoms with Gasteiger partial charge >= 0.3 is 11.9 Å². The minimum atomic E-state index is -4.54. The lowest BCUT2D eigenvalue weighted by Crippen LogP contribution is -2.38. The monoisotopic (exact) mass is 495 g/mol. The zero-order chi connectivity index (χ0) is 26.0. The highest BCUT2D eigenvalue weighted by Gasteiger charge is 2.28. The van der Waals surface area contributed by atoms with Crippen molar-refractivity contribution in [3.63, 3.8) is 0 Å². The summed E-state index contributed by atoms with van der Waals surface area (Å²) in [6.07, 6.45) is 2.62. The lowest BCUT2D eigenvalue weighted by Gasteiger charge is -2.10. The molecule has 10 heteroatoms. The fourth-order valence-electron chi connectivity index (χ4n) is 4.09. The molecule has 2 heterocycles. The Hall–Kier alpha value is -4.34. The lowest BCUT2D eigenvalue weighted by atomic mass is 10.0. The minimum absolute atomic E-state index is 0.442. The van der Waals surface area contributed by atoms with E-state index in [2.05, 4.69) is 11.7 Å². The van der Waals surface area contributed by atoms with Crippen LogP contribution >= 0.6 is 0 Å². The topological polar surface area (TPSA) is 73.8 Å². The van der Waals surface area contributed by atoms with E-state index in [1.165, 1.54) is 9.13 Å². The number of nitrogens with one attached hydrogen (secondary N) is 1. The molecule has 2 aromatic heterocycles. The number of aryl methyl sites for hydroxylation is 2. The Morgan fingerprint density at radius 1 is 1.17 bits per heavy atom. The van der Waals surface area contributed by atoms with Gasteiger partial charge in [-0.2, -0.15) is 18.3 Å². The molecule has 0 radical (unpaired) electrons. The molecule has 0 saturated heterocycles. The quantitative estimate of drug-likeness (QED) is 0.387. The molecule has 0 spiro atoms. The zero-order valence-corrected chi connectivity index (χ0v) is 19.7. The van der Waals surface area contributed by atoms with Crippen LogP contribution in [0.1, 0.15) is 11.3 Å². The molecular weight excluding hydrogens is 471 g/mol. The number of para-hydroxylation sites is 2. The van der Waals surface area contributed by atoms with Crippen LogP contribution in [0.4, 0.5) is 13.2 Å². The number of benzene rings is 2. The summed E-state index contributed by atoms with van der Waals surface area (Å²) in [5.74, 6) is -0.902. The fraction of sp³-hybridized carbons (Fsp3) is 0.192. The van der Waals surface area contributed by atoms with Crippen molar-refractivity contribution in [1.29, 1.82) is 0 Å². The summed E-state index contributed by atoms with van der Waals surface area (Å²) >= 11 is 0. The number of nitrogens with zero attached hydrogens (tertiary/aromatic N) is 4. The number of imidazole rings is 1. The van der Waals surface area contributed by atoms with Crippen LogP contribution in [0.15, 0.2) is 72.2 Å². The highest BCUT2D eigenvalue weighted by atomic mass is 19.4. The molecule has 0 saturated carbocycles. The molecule has 0 aliphatic heterocycles. The van der Waals surface area contributed by atoms with Gasteiger partial charge in [-0.3, -0.25) is 18.6 Å². The number of rotatable bonds is 7. The van der Waals surface area contributed by atoms with Gasteiger partial charge in [0.15, 0.2) is 0 Å². The van der Waals surface area contributed by atoms with Crippen molar-refractivity contribution in [2.24, 2.45) is 7.05 Å². The molecule has 1 amide bonds. The summed E-state index contributed by atoms with van der Waals surface area (Å²) in [4.78, 5) is 25.6. The largest absolute Gasteiger partial charge is 0.405 e. The number of aromatic nitrogens is 4. The fourth-order valence-corrected chi connectivity index (χ4v) is 4.09. The van der Waals surface area contributed by atoms with Crippen LogP contribution in [0, 0.1) is 6.92 Å². The molecule has 36 heavy (non-hydrogen) atoms. The summed E-state index contributed by atoms with van der Waals surface area (Å²) < 4.78 is 41.9. The van der Waals surface area contributed by atoms with Crippen molar-refractivity contribution in [2.45, 2.75) is 19.6 Å². The number of hydrogen-bond acceptors (Lipinski definition) is 3. The Balaban J connectivity index is 1.76. The number of alkyl halides is 3. The number of amides is 1. The van der Waals surface area contributed by atoms with Gasteiger partial charge in [-0.1, -0.05) is 36.9 Å². The first kappa shape index (κ1) is 24.8. The predicted molar refractivity (Wildman–Crippen MR) is 133 cm³/mol. The third-order valence-electron chi connectivity index (χ3n) is 5.75. The van der Waals surface area contributed by atoms with Gasteiger partial charge in [-0.15, -0.1) is 0 Å². The van der Waals surface area contributed by atoms with Crippen molar-refractivity contribution < 1.29 is 18.0 Å². The average Bonchev–Trinajstić information content (AvgIpc) is 3.33. The molecule has 4 rings (SSSR count). The highest BCUT2D eigenvalue weighted by molar-refractivity contribution is 5.83. The van der Waals surface area contributed by atoms with Gasteiger partial charge < -0.3 is 5.32 Å². The van der Waals surface area contributed by atoms with E-state index in [0.29, 0.717) is 16.7 Å². The van der Waals surface area contributed by atoms with Gasteiger partial charge in [0.25, 0.3) is 0 Å². The van der Waals surface area contributed by atoms with Crippen molar-refractivity contribution in [3.05, 3.63) is 89.1 Å². The van der Waals surface area contributed by atoms with E-state index in [4.69, 9.17) is 0 Å². The Bertz CT molecular complexity index is 1540. The maximum atomic E-state index is 13.4. The van der Waals surface area contributed by atoms with Gasteiger partial charge in [0, 0.05) is 12.6 Å². The molecule has 0 aliphatic carbocycles. The van der Waals surface area contributed by atoms with Gasteiger partial charge in [0.05, 0.1) is 28.6 Å². The Kier molecular flexibility index (Phi) is 6.69. The molecule has 1 N–H and O–H groups in total. The van der Waals surface area contributed by atoms with Crippen LogP contribution in [-0.4, -0.2) is 37.5 Å². The van der Waals surface area contributed by atoms with E-state index in [9.17, 15) is 22.8 Å². The van der Waals surface area contributed by atoms with Crippen LogP contribution in [0.3, 0.4) is 0 Å². The van der Waals surface area contributed by atoms with E-state index < -0.39 is 30.9 Å². The maximum absolute atomic E-state index is 13.4. The Morgan fingerprint density at radius 3 is 2.56 bits per heavy atom. The molecule has 7 nitrogen and oxygen atoms in total. The zero-order valence-electron chi connectivity index (χ0n) is 19.7. The van der Waals surface area contributed by atoms with Gasteiger partial charge in [-0.05, 0) is 48.4 Å². The summed E-state index contributed by atoms with van der Waals surface area (Å²) in [6, 6.07) is 12.5. The number of allylic oxidation sites excluding steroid dienone is 2. The summed E-state index contributed by atoms with van der Waals surface area (Å²) in [6.45, 7) is 3.57. The lowest BCUT2D eigenvalue weighted by molar-refractivity contribution is -0.138. The van der Waals surface area contributed by atoms with Crippen molar-refractivity contribution >= 4 is 23.0 Å². The Labute approximate surface area is 204 Å². The molecule has 0 bridgehead atoms. The summed E-state index contributed by atoms with van der Waals surface area (Å²) in [5, 5.41) is 6.15. The second-order valence-electron chi connectivity index (χ2n) is 8.25. The normalized spacial score (nSPS) is 11.9. The van der Waals surface area contributed by atoms with Gasteiger partial charge in [-0.25, -0.2) is 4.79 Å². The van der Waals surface area contributed by atoms with E-state index >= 15 is 0 Å². The molecule has 0 unspecified atom stereocenters. The van der Waals surface area contributed by atoms with Gasteiger partial charge in [0.1, 0.15) is 13.1 Å². The second kappa shape index (κ2) is 9.73. The van der Waals surface area contributed by atoms with Crippen LogP contribution in [0.25, 0.3) is 33.9 Å². The molecule has 0 fully saturated rings. The Morgan fingerprint density at radius 2 is 1.89 bits per heavy atom. The molecule has 0 aliphatic rings. The first-order chi connectivity index (χ1) is 17.1. The third kappa shape index (κ3) is 4.88. The summed E-state index contributed by atoms with van der Waals surface area (Å²) in [5.41, 5.74) is 4.54. The number of halogens is 3. The third-order valence-corrected chi connectivity index (χ3v) is 5.75.